The van der Waals surface area contributed by atoms with Gasteiger partial charge in [0.25, 0.3) is 0 Å². The molecule has 1 aliphatic rings. The SMILES string of the molecule is Cc1ccnc(SC2CCCC2)c1C#N. The smallest absolute Gasteiger partial charge is 0.114 e. The number of thioether (sulfide) groups is 1. The Bertz CT molecular complexity index is 389. The number of aryl methyl sites for hydroxylation is 1. The minimum atomic E-state index is 0.673. The monoisotopic (exact) mass is 218 g/mol. The number of nitriles is 1. The van der Waals surface area contributed by atoms with Gasteiger partial charge in [0, 0.05) is 11.4 Å². The highest BCUT2D eigenvalue weighted by molar-refractivity contribution is 7.99. The van der Waals surface area contributed by atoms with Gasteiger partial charge in [0.05, 0.1) is 5.56 Å². The molecule has 0 N–H and O–H groups in total. The molecule has 2 rings (SSSR count). The summed E-state index contributed by atoms with van der Waals surface area (Å²) in [7, 11) is 0. The molecule has 0 bridgehead atoms. The topological polar surface area (TPSA) is 36.7 Å². The summed E-state index contributed by atoms with van der Waals surface area (Å²) in [4.78, 5) is 4.31. The lowest BCUT2D eigenvalue weighted by Crippen LogP contribution is -1.98. The molecule has 0 unspecified atom stereocenters. The number of rotatable bonds is 2. The second kappa shape index (κ2) is 4.67. The van der Waals surface area contributed by atoms with E-state index in [-0.39, 0.29) is 0 Å². The highest BCUT2D eigenvalue weighted by Gasteiger charge is 2.18. The third-order valence-corrected chi connectivity index (χ3v) is 4.15. The maximum atomic E-state index is 9.07. The van der Waals surface area contributed by atoms with Crippen LogP contribution in [0, 0.1) is 18.3 Å². The molecule has 2 nitrogen and oxygen atoms in total. The molecule has 0 amide bonds. The summed E-state index contributed by atoms with van der Waals surface area (Å²) in [6.07, 6.45) is 6.99. The van der Waals surface area contributed by atoms with Gasteiger partial charge in [-0.3, -0.25) is 0 Å². The largest absolute Gasteiger partial charge is 0.249 e. The molecule has 0 aromatic carbocycles. The van der Waals surface area contributed by atoms with E-state index < -0.39 is 0 Å². The highest BCUT2D eigenvalue weighted by Crippen LogP contribution is 2.35. The Morgan fingerprint density at radius 2 is 2.20 bits per heavy atom. The van der Waals surface area contributed by atoms with Crippen LogP contribution in [0.1, 0.15) is 36.8 Å². The Kier molecular flexibility index (Phi) is 3.27. The summed E-state index contributed by atoms with van der Waals surface area (Å²) in [5, 5.41) is 10.7. The van der Waals surface area contributed by atoms with Gasteiger partial charge < -0.3 is 0 Å². The van der Waals surface area contributed by atoms with Gasteiger partial charge in [-0.1, -0.05) is 12.8 Å². The molecule has 1 saturated carbocycles. The van der Waals surface area contributed by atoms with Gasteiger partial charge in [-0.2, -0.15) is 5.26 Å². The zero-order valence-corrected chi connectivity index (χ0v) is 9.68. The van der Waals surface area contributed by atoms with Gasteiger partial charge in [-0.25, -0.2) is 4.98 Å². The first kappa shape index (κ1) is 10.5. The number of aromatic nitrogens is 1. The molecule has 1 aliphatic carbocycles. The van der Waals surface area contributed by atoms with Gasteiger partial charge in [0.2, 0.25) is 0 Å². The normalized spacial score (nSPS) is 16.5. The first-order valence-electron chi connectivity index (χ1n) is 5.33. The van der Waals surface area contributed by atoms with Crippen molar-refractivity contribution < 1.29 is 0 Å². The van der Waals surface area contributed by atoms with Crippen LogP contribution in [0.3, 0.4) is 0 Å². The Morgan fingerprint density at radius 1 is 1.47 bits per heavy atom. The third kappa shape index (κ3) is 2.32. The molecule has 0 atom stereocenters. The zero-order chi connectivity index (χ0) is 10.7. The van der Waals surface area contributed by atoms with E-state index in [0.29, 0.717) is 5.25 Å². The van der Waals surface area contributed by atoms with E-state index in [1.165, 1.54) is 25.7 Å². The predicted octanol–water partition coefficient (Wildman–Crippen LogP) is 3.30. The molecular formula is C12H14N2S. The van der Waals surface area contributed by atoms with E-state index in [0.717, 1.165) is 16.2 Å². The number of pyridine rings is 1. The summed E-state index contributed by atoms with van der Waals surface area (Å²) < 4.78 is 0. The van der Waals surface area contributed by atoms with Crippen LogP contribution in [-0.4, -0.2) is 10.2 Å². The number of nitrogens with zero attached hydrogens (tertiary/aromatic N) is 2. The first-order chi connectivity index (χ1) is 7.31. The summed E-state index contributed by atoms with van der Waals surface area (Å²) in [5.41, 5.74) is 1.79. The second-order valence-electron chi connectivity index (χ2n) is 3.94. The summed E-state index contributed by atoms with van der Waals surface area (Å²) in [5.74, 6) is 0. The minimum absolute atomic E-state index is 0.673. The number of hydrogen-bond donors (Lipinski definition) is 0. The van der Waals surface area contributed by atoms with Crippen LogP contribution in [-0.2, 0) is 0 Å². The predicted molar refractivity (Wildman–Crippen MR) is 61.8 cm³/mol. The Morgan fingerprint density at radius 3 is 2.87 bits per heavy atom. The highest BCUT2D eigenvalue weighted by atomic mass is 32.2. The van der Waals surface area contributed by atoms with E-state index in [4.69, 9.17) is 5.26 Å². The van der Waals surface area contributed by atoms with Crippen molar-refractivity contribution in [2.24, 2.45) is 0 Å². The lowest BCUT2D eigenvalue weighted by molar-refractivity contribution is 0.886. The van der Waals surface area contributed by atoms with E-state index in [1.54, 1.807) is 18.0 Å². The van der Waals surface area contributed by atoms with Gasteiger partial charge >= 0.3 is 0 Å². The molecule has 0 radical (unpaired) electrons. The van der Waals surface area contributed by atoms with Crippen molar-refractivity contribution in [1.29, 1.82) is 5.26 Å². The molecular weight excluding hydrogens is 204 g/mol. The fourth-order valence-corrected chi connectivity index (χ4v) is 3.25. The second-order valence-corrected chi connectivity index (χ2v) is 5.23. The van der Waals surface area contributed by atoms with Gasteiger partial charge in [0.15, 0.2) is 0 Å². The van der Waals surface area contributed by atoms with Crippen molar-refractivity contribution in [2.75, 3.05) is 0 Å². The Hall–Kier alpha value is -1.01. The molecule has 3 heteroatoms. The average molecular weight is 218 g/mol. The standard InChI is InChI=1S/C12H14N2S/c1-9-6-7-14-12(11(9)8-13)15-10-4-2-3-5-10/h6-7,10H,2-5H2,1H3. The van der Waals surface area contributed by atoms with Crippen LogP contribution in [0.5, 0.6) is 0 Å². The van der Waals surface area contributed by atoms with Crippen molar-refractivity contribution in [3.63, 3.8) is 0 Å². The Balaban J connectivity index is 2.20. The van der Waals surface area contributed by atoms with E-state index >= 15 is 0 Å². The van der Waals surface area contributed by atoms with Crippen LogP contribution in [0.25, 0.3) is 0 Å². The van der Waals surface area contributed by atoms with Crippen LogP contribution < -0.4 is 0 Å². The fourth-order valence-electron chi connectivity index (χ4n) is 1.92. The van der Waals surface area contributed by atoms with Crippen LogP contribution >= 0.6 is 11.8 Å². The molecule has 0 saturated heterocycles. The van der Waals surface area contributed by atoms with Gasteiger partial charge in [-0.05, 0) is 31.4 Å². The van der Waals surface area contributed by atoms with Gasteiger partial charge in [0.1, 0.15) is 11.1 Å². The van der Waals surface area contributed by atoms with Crippen molar-refractivity contribution in [1.82, 2.24) is 4.98 Å². The van der Waals surface area contributed by atoms with E-state index in [9.17, 15) is 0 Å². The average Bonchev–Trinajstić information content (AvgIpc) is 2.71. The van der Waals surface area contributed by atoms with Gasteiger partial charge in [-0.15, -0.1) is 11.8 Å². The van der Waals surface area contributed by atoms with Crippen LogP contribution in [0.4, 0.5) is 0 Å². The van der Waals surface area contributed by atoms with Crippen molar-refractivity contribution in [3.8, 4) is 6.07 Å². The maximum absolute atomic E-state index is 9.07. The molecule has 1 fully saturated rings. The fraction of sp³-hybridized carbons (Fsp3) is 0.500. The summed E-state index contributed by atoms with van der Waals surface area (Å²) in [6.45, 7) is 1.97. The quantitative estimate of drug-likeness (QED) is 0.764. The Labute approximate surface area is 94.7 Å². The van der Waals surface area contributed by atoms with Crippen molar-refractivity contribution in [3.05, 3.63) is 23.4 Å². The van der Waals surface area contributed by atoms with Crippen molar-refractivity contribution in [2.45, 2.75) is 42.9 Å². The van der Waals surface area contributed by atoms with E-state index in [2.05, 4.69) is 11.1 Å². The molecule has 0 aliphatic heterocycles. The molecule has 1 heterocycles. The molecule has 1 aromatic rings. The minimum Gasteiger partial charge on any atom is -0.249 e. The zero-order valence-electron chi connectivity index (χ0n) is 8.86. The first-order valence-corrected chi connectivity index (χ1v) is 6.21. The maximum Gasteiger partial charge on any atom is 0.114 e. The van der Waals surface area contributed by atoms with Crippen LogP contribution in [0.2, 0.25) is 0 Å². The summed E-state index contributed by atoms with van der Waals surface area (Å²) in [6, 6.07) is 4.15. The van der Waals surface area contributed by atoms with Crippen LogP contribution in [0.15, 0.2) is 17.3 Å². The number of hydrogen-bond acceptors (Lipinski definition) is 3. The summed E-state index contributed by atoms with van der Waals surface area (Å²) >= 11 is 1.78. The third-order valence-electron chi connectivity index (χ3n) is 2.82. The molecule has 1 aromatic heterocycles. The van der Waals surface area contributed by atoms with Crippen molar-refractivity contribution >= 4 is 11.8 Å². The lowest BCUT2D eigenvalue weighted by Gasteiger charge is -2.09. The van der Waals surface area contributed by atoms with E-state index in [1.807, 2.05) is 13.0 Å². The lowest BCUT2D eigenvalue weighted by atomic mass is 10.2. The molecule has 15 heavy (non-hydrogen) atoms. The molecule has 0 spiro atoms. The molecule has 78 valence electrons.